The van der Waals surface area contributed by atoms with E-state index in [4.69, 9.17) is 14.2 Å². The molecule has 0 aliphatic carbocycles. The van der Waals surface area contributed by atoms with Crippen LogP contribution in [0.15, 0.2) is 12.2 Å². The van der Waals surface area contributed by atoms with E-state index in [0.29, 0.717) is 24.8 Å². The van der Waals surface area contributed by atoms with Gasteiger partial charge in [0.25, 0.3) is 0 Å². The van der Waals surface area contributed by atoms with Crippen molar-refractivity contribution in [2.45, 2.75) is 110 Å². The third-order valence-corrected chi connectivity index (χ3v) is 5.47. The van der Waals surface area contributed by atoms with Crippen LogP contribution in [0.3, 0.4) is 0 Å². The van der Waals surface area contributed by atoms with Crippen LogP contribution < -0.4 is 0 Å². The third-order valence-electron chi connectivity index (χ3n) is 5.47. The Kier molecular flexibility index (Phi) is 8.52. The zero-order valence-electron chi connectivity index (χ0n) is 19.9. The van der Waals surface area contributed by atoms with E-state index < -0.39 is 22.6 Å². The van der Waals surface area contributed by atoms with E-state index in [1.807, 2.05) is 48.5 Å². The van der Waals surface area contributed by atoms with E-state index in [2.05, 4.69) is 6.58 Å². The average molecular weight is 426 g/mol. The smallest absolute Gasteiger partial charge is 0.411 e. The molecule has 0 aromatic heterocycles. The van der Waals surface area contributed by atoms with Crippen molar-refractivity contribution >= 4 is 18.0 Å². The first-order valence-electron chi connectivity index (χ1n) is 10.7. The van der Waals surface area contributed by atoms with Crippen molar-refractivity contribution in [1.29, 1.82) is 0 Å². The van der Waals surface area contributed by atoms with Crippen molar-refractivity contribution in [1.82, 2.24) is 4.90 Å². The van der Waals surface area contributed by atoms with E-state index in [0.717, 1.165) is 6.42 Å². The van der Waals surface area contributed by atoms with Crippen molar-refractivity contribution in [2.24, 2.45) is 0 Å². The number of nitrogens with zero attached hydrogens (tertiary/aromatic N) is 1. The van der Waals surface area contributed by atoms with Crippen molar-refractivity contribution in [3.63, 3.8) is 0 Å². The third kappa shape index (κ3) is 7.33. The molecule has 0 atom stereocenters. The van der Waals surface area contributed by atoms with Gasteiger partial charge in [-0.3, -0.25) is 9.69 Å². The largest absolute Gasteiger partial charge is 0.462 e. The van der Waals surface area contributed by atoms with Crippen LogP contribution in [0.25, 0.3) is 0 Å². The lowest BCUT2D eigenvalue weighted by atomic mass is 9.78. The standard InChI is InChI=1S/C23H39NO6/c1-10-23(8,9)30-20(27)24-21(4,5)14-17(15-22(24,6)7)29-18(25)12-11-13-28-19(26)16(2)3/h17H,2,10-15H2,1,3-9H3. The number of likely N-dealkylation sites (tertiary alicyclic amines) is 1. The van der Waals surface area contributed by atoms with Crippen LogP contribution >= 0.6 is 0 Å². The Bertz CT molecular complexity index is 647. The Labute approximate surface area is 181 Å². The minimum atomic E-state index is -0.542. The summed E-state index contributed by atoms with van der Waals surface area (Å²) < 4.78 is 16.4. The summed E-state index contributed by atoms with van der Waals surface area (Å²) in [6.45, 7) is 18.9. The number of ether oxygens (including phenoxy) is 3. The van der Waals surface area contributed by atoms with E-state index in [1.165, 1.54) is 0 Å². The molecule has 1 rings (SSSR count). The lowest BCUT2D eigenvalue weighted by Gasteiger charge is -2.54. The predicted molar refractivity (Wildman–Crippen MR) is 115 cm³/mol. The molecule has 0 unspecified atom stereocenters. The fourth-order valence-corrected chi connectivity index (χ4v) is 3.87. The van der Waals surface area contributed by atoms with Crippen molar-refractivity contribution < 1.29 is 28.6 Å². The van der Waals surface area contributed by atoms with Crippen LogP contribution in [0.5, 0.6) is 0 Å². The molecule has 1 saturated heterocycles. The van der Waals surface area contributed by atoms with Crippen LogP contribution in [0, 0.1) is 0 Å². The maximum absolute atomic E-state index is 13.0. The zero-order valence-corrected chi connectivity index (χ0v) is 19.9. The summed E-state index contributed by atoms with van der Waals surface area (Å²) in [7, 11) is 0. The summed E-state index contributed by atoms with van der Waals surface area (Å²) in [4.78, 5) is 38.4. The molecule has 0 spiro atoms. The molecule has 172 valence electrons. The van der Waals surface area contributed by atoms with Gasteiger partial charge in [0.05, 0.1) is 6.61 Å². The molecule has 0 bridgehead atoms. The molecule has 0 aromatic rings. The van der Waals surface area contributed by atoms with Crippen LogP contribution in [0.2, 0.25) is 0 Å². The second-order valence-electron chi connectivity index (χ2n) is 9.98. The molecular weight excluding hydrogens is 386 g/mol. The highest BCUT2D eigenvalue weighted by Gasteiger charge is 2.50. The number of carbonyl (C=O) groups excluding carboxylic acids is 3. The second kappa shape index (κ2) is 9.84. The van der Waals surface area contributed by atoms with Gasteiger partial charge < -0.3 is 14.2 Å². The number of rotatable bonds is 8. The lowest BCUT2D eigenvalue weighted by Crippen LogP contribution is -2.65. The monoisotopic (exact) mass is 425 g/mol. The Morgan fingerprint density at radius 3 is 2.10 bits per heavy atom. The first-order valence-corrected chi connectivity index (χ1v) is 10.7. The van der Waals surface area contributed by atoms with Crippen LogP contribution in [0.4, 0.5) is 4.79 Å². The topological polar surface area (TPSA) is 82.1 Å². The van der Waals surface area contributed by atoms with Gasteiger partial charge in [-0.2, -0.15) is 0 Å². The minimum absolute atomic E-state index is 0.148. The summed E-state index contributed by atoms with van der Waals surface area (Å²) in [5, 5.41) is 0. The first kappa shape index (κ1) is 26.0. The average Bonchev–Trinajstić information content (AvgIpc) is 2.55. The van der Waals surface area contributed by atoms with Gasteiger partial charge >= 0.3 is 18.0 Å². The maximum atomic E-state index is 13.0. The molecule has 0 aromatic carbocycles. The lowest BCUT2D eigenvalue weighted by molar-refractivity contribution is -0.160. The SMILES string of the molecule is C=C(C)C(=O)OCCCC(=O)OC1CC(C)(C)N(C(=O)OC(C)(C)CC)C(C)(C)C1. The van der Waals surface area contributed by atoms with Gasteiger partial charge in [0.15, 0.2) is 0 Å². The van der Waals surface area contributed by atoms with Crippen LogP contribution in [0.1, 0.15) is 87.5 Å². The normalized spacial score (nSPS) is 18.5. The van der Waals surface area contributed by atoms with E-state index in [-0.39, 0.29) is 31.2 Å². The zero-order chi connectivity index (χ0) is 23.3. The highest BCUT2D eigenvalue weighted by Crippen LogP contribution is 2.40. The highest BCUT2D eigenvalue weighted by atomic mass is 16.6. The molecule has 1 aliphatic rings. The Balaban J connectivity index is 2.68. The first-order chi connectivity index (χ1) is 13.6. The molecule has 1 fully saturated rings. The molecule has 30 heavy (non-hydrogen) atoms. The number of amides is 1. The van der Waals surface area contributed by atoms with E-state index >= 15 is 0 Å². The molecule has 1 amide bonds. The number of piperidine rings is 1. The van der Waals surface area contributed by atoms with Gasteiger partial charge in [-0.1, -0.05) is 13.5 Å². The predicted octanol–water partition coefficient (Wildman–Crippen LogP) is 4.78. The van der Waals surface area contributed by atoms with Crippen molar-refractivity contribution in [3.8, 4) is 0 Å². The Morgan fingerprint density at radius 1 is 1.10 bits per heavy atom. The molecule has 7 heteroatoms. The summed E-state index contributed by atoms with van der Waals surface area (Å²) >= 11 is 0. The summed E-state index contributed by atoms with van der Waals surface area (Å²) in [5.74, 6) is -0.793. The molecule has 7 nitrogen and oxygen atoms in total. The summed E-state index contributed by atoms with van der Waals surface area (Å²) in [6, 6.07) is 0. The Hall–Kier alpha value is -2.05. The van der Waals surface area contributed by atoms with Crippen molar-refractivity contribution in [3.05, 3.63) is 12.2 Å². The fourth-order valence-electron chi connectivity index (χ4n) is 3.87. The molecule has 1 aliphatic heterocycles. The maximum Gasteiger partial charge on any atom is 0.411 e. The van der Waals surface area contributed by atoms with Gasteiger partial charge in [-0.05, 0) is 61.3 Å². The number of hydrogen-bond donors (Lipinski definition) is 0. The van der Waals surface area contributed by atoms with E-state index in [9.17, 15) is 14.4 Å². The summed E-state index contributed by atoms with van der Waals surface area (Å²) in [6.07, 6.45) is 1.67. The van der Waals surface area contributed by atoms with Crippen LogP contribution in [-0.2, 0) is 23.8 Å². The number of hydrogen-bond acceptors (Lipinski definition) is 6. The molecule has 0 saturated carbocycles. The van der Waals surface area contributed by atoms with Gasteiger partial charge in [0.1, 0.15) is 11.7 Å². The molecule has 0 N–H and O–H groups in total. The van der Waals surface area contributed by atoms with Gasteiger partial charge in [-0.25, -0.2) is 9.59 Å². The van der Waals surface area contributed by atoms with Crippen molar-refractivity contribution in [2.75, 3.05) is 6.61 Å². The Morgan fingerprint density at radius 2 is 1.63 bits per heavy atom. The van der Waals surface area contributed by atoms with Crippen LogP contribution in [-0.4, -0.2) is 52.3 Å². The molecule has 1 heterocycles. The van der Waals surface area contributed by atoms with E-state index in [1.54, 1.807) is 11.8 Å². The molecule has 0 radical (unpaired) electrons. The van der Waals surface area contributed by atoms with Gasteiger partial charge in [-0.15, -0.1) is 0 Å². The fraction of sp³-hybridized carbons (Fsp3) is 0.783. The quantitative estimate of drug-likeness (QED) is 0.241. The number of carbonyl (C=O) groups is 3. The van der Waals surface area contributed by atoms with Gasteiger partial charge in [0, 0.05) is 35.9 Å². The minimum Gasteiger partial charge on any atom is -0.462 e. The highest BCUT2D eigenvalue weighted by molar-refractivity contribution is 5.86. The van der Waals surface area contributed by atoms with Gasteiger partial charge in [0.2, 0.25) is 0 Å². The second-order valence-corrected chi connectivity index (χ2v) is 9.98. The summed E-state index contributed by atoms with van der Waals surface area (Å²) in [5.41, 5.74) is -1.29. The molecular formula is C23H39NO6. The number of esters is 2.